The molecule has 0 unspecified atom stereocenters. The fourth-order valence-electron chi connectivity index (χ4n) is 1.64. The van der Waals surface area contributed by atoms with E-state index in [0.717, 1.165) is 11.3 Å². The van der Waals surface area contributed by atoms with Crippen LogP contribution in [0.4, 0.5) is 0 Å². The number of primary amides is 1. The van der Waals surface area contributed by atoms with Crippen LogP contribution in [0.3, 0.4) is 0 Å². The van der Waals surface area contributed by atoms with Crippen molar-refractivity contribution in [1.29, 1.82) is 0 Å². The van der Waals surface area contributed by atoms with E-state index in [0.29, 0.717) is 11.5 Å². The van der Waals surface area contributed by atoms with Gasteiger partial charge in [-0.3, -0.25) is 4.79 Å². The normalized spacial score (nSPS) is 10.4. The molecular formula is C16H15NO3. The molecular weight excluding hydrogens is 254 g/mol. The SMILES string of the molecule is COc1ccc(Oc2cccc(/C=C\C(N)=O)c2)cc1. The molecule has 2 aromatic carbocycles. The van der Waals surface area contributed by atoms with E-state index in [1.807, 2.05) is 48.5 Å². The monoisotopic (exact) mass is 269 g/mol. The highest BCUT2D eigenvalue weighted by atomic mass is 16.5. The minimum Gasteiger partial charge on any atom is -0.497 e. The summed E-state index contributed by atoms with van der Waals surface area (Å²) in [6, 6.07) is 14.7. The summed E-state index contributed by atoms with van der Waals surface area (Å²) in [6.07, 6.45) is 2.95. The summed E-state index contributed by atoms with van der Waals surface area (Å²) in [7, 11) is 1.62. The summed E-state index contributed by atoms with van der Waals surface area (Å²) in [5.74, 6) is 1.69. The Morgan fingerprint density at radius 3 is 2.40 bits per heavy atom. The quantitative estimate of drug-likeness (QED) is 0.849. The highest BCUT2D eigenvalue weighted by Gasteiger charge is 1.99. The van der Waals surface area contributed by atoms with Crippen LogP contribution >= 0.6 is 0 Å². The van der Waals surface area contributed by atoms with Gasteiger partial charge in [-0.05, 0) is 48.0 Å². The maximum Gasteiger partial charge on any atom is 0.241 e. The van der Waals surface area contributed by atoms with E-state index in [2.05, 4.69) is 0 Å². The molecule has 1 amide bonds. The molecule has 0 heterocycles. The zero-order valence-corrected chi connectivity index (χ0v) is 11.1. The van der Waals surface area contributed by atoms with E-state index in [4.69, 9.17) is 15.2 Å². The van der Waals surface area contributed by atoms with Crippen molar-refractivity contribution in [3.8, 4) is 17.2 Å². The highest BCUT2D eigenvalue weighted by molar-refractivity contribution is 5.90. The van der Waals surface area contributed by atoms with E-state index in [-0.39, 0.29) is 0 Å². The van der Waals surface area contributed by atoms with E-state index in [1.165, 1.54) is 6.08 Å². The Labute approximate surface area is 117 Å². The molecule has 0 aromatic heterocycles. The first kappa shape index (κ1) is 13.7. The van der Waals surface area contributed by atoms with Gasteiger partial charge in [-0.25, -0.2) is 0 Å². The molecule has 0 atom stereocenters. The topological polar surface area (TPSA) is 61.6 Å². The largest absolute Gasteiger partial charge is 0.497 e. The van der Waals surface area contributed by atoms with Crippen LogP contribution in [0.2, 0.25) is 0 Å². The maximum absolute atomic E-state index is 10.7. The Morgan fingerprint density at radius 1 is 1.05 bits per heavy atom. The molecule has 0 aliphatic rings. The lowest BCUT2D eigenvalue weighted by Crippen LogP contribution is -2.05. The predicted octanol–water partition coefficient (Wildman–Crippen LogP) is 2.99. The average Bonchev–Trinajstić information content (AvgIpc) is 2.46. The van der Waals surface area contributed by atoms with Crippen molar-refractivity contribution >= 4 is 12.0 Å². The van der Waals surface area contributed by atoms with Crippen LogP contribution in [0.5, 0.6) is 17.2 Å². The molecule has 0 radical (unpaired) electrons. The predicted molar refractivity (Wildman–Crippen MR) is 77.7 cm³/mol. The van der Waals surface area contributed by atoms with Gasteiger partial charge in [-0.1, -0.05) is 12.1 Å². The molecule has 0 saturated carbocycles. The van der Waals surface area contributed by atoms with Crippen LogP contribution in [0.25, 0.3) is 6.08 Å². The van der Waals surface area contributed by atoms with Gasteiger partial charge in [0.2, 0.25) is 5.91 Å². The molecule has 0 aliphatic carbocycles. The lowest BCUT2D eigenvalue weighted by atomic mass is 10.2. The fourth-order valence-corrected chi connectivity index (χ4v) is 1.64. The van der Waals surface area contributed by atoms with Crippen LogP contribution in [0.1, 0.15) is 5.56 Å². The molecule has 2 N–H and O–H groups in total. The second-order valence-corrected chi connectivity index (χ2v) is 4.09. The molecule has 0 fully saturated rings. The van der Waals surface area contributed by atoms with Crippen LogP contribution in [-0.2, 0) is 4.79 Å². The second kappa shape index (κ2) is 6.43. The summed E-state index contributed by atoms with van der Waals surface area (Å²) in [5, 5.41) is 0. The first-order valence-corrected chi connectivity index (χ1v) is 6.07. The number of carbonyl (C=O) groups excluding carboxylic acids is 1. The van der Waals surface area contributed by atoms with E-state index in [1.54, 1.807) is 13.2 Å². The molecule has 0 bridgehead atoms. The number of amides is 1. The van der Waals surface area contributed by atoms with Crippen molar-refractivity contribution in [1.82, 2.24) is 0 Å². The number of nitrogens with two attached hydrogens (primary N) is 1. The first-order chi connectivity index (χ1) is 9.67. The Kier molecular flexibility index (Phi) is 4.39. The summed E-state index contributed by atoms with van der Waals surface area (Å²) < 4.78 is 10.8. The van der Waals surface area contributed by atoms with Gasteiger partial charge in [0.25, 0.3) is 0 Å². The number of benzene rings is 2. The van der Waals surface area contributed by atoms with Crippen molar-refractivity contribution in [3.63, 3.8) is 0 Å². The van der Waals surface area contributed by atoms with Gasteiger partial charge in [-0.15, -0.1) is 0 Å². The van der Waals surface area contributed by atoms with E-state index >= 15 is 0 Å². The minimum atomic E-state index is -0.480. The van der Waals surface area contributed by atoms with E-state index in [9.17, 15) is 4.79 Å². The summed E-state index contributed by atoms with van der Waals surface area (Å²) in [5.41, 5.74) is 5.90. The van der Waals surface area contributed by atoms with Gasteiger partial charge in [0.1, 0.15) is 17.2 Å². The average molecular weight is 269 g/mol. The zero-order chi connectivity index (χ0) is 14.4. The Balaban J connectivity index is 2.12. The third-order valence-electron chi connectivity index (χ3n) is 2.59. The van der Waals surface area contributed by atoms with E-state index < -0.39 is 5.91 Å². The van der Waals surface area contributed by atoms with Crippen molar-refractivity contribution < 1.29 is 14.3 Å². The number of ether oxygens (including phenoxy) is 2. The number of carbonyl (C=O) groups is 1. The Hall–Kier alpha value is -2.75. The Bertz CT molecular complexity index is 618. The van der Waals surface area contributed by atoms with Crippen LogP contribution in [-0.4, -0.2) is 13.0 Å². The van der Waals surface area contributed by atoms with Crippen molar-refractivity contribution in [2.45, 2.75) is 0 Å². The van der Waals surface area contributed by atoms with Gasteiger partial charge in [0.05, 0.1) is 7.11 Å². The molecule has 102 valence electrons. The Morgan fingerprint density at radius 2 is 1.75 bits per heavy atom. The molecule has 2 rings (SSSR count). The van der Waals surface area contributed by atoms with Crippen molar-refractivity contribution in [2.24, 2.45) is 5.73 Å². The smallest absolute Gasteiger partial charge is 0.241 e. The number of rotatable bonds is 5. The highest BCUT2D eigenvalue weighted by Crippen LogP contribution is 2.24. The number of hydrogen-bond donors (Lipinski definition) is 1. The standard InChI is InChI=1S/C16H15NO3/c1-19-13-6-8-14(9-7-13)20-15-4-2-3-12(11-15)5-10-16(17)18/h2-11H,1H3,(H2,17,18)/b10-5-. The molecule has 4 heteroatoms. The first-order valence-electron chi connectivity index (χ1n) is 6.07. The lowest BCUT2D eigenvalue weighted by molar-refractivity contribution is -0.113. The van der Waals surface area contributed by atoms with Gasteiger partial charge in [-0.2, -0.15) is 0 Å². The summed E-state index contributed by atoms with van der Waals surface area (Å²) >= 11 is 0. The molecule has 0 saturated heterocycles. The maximum atomic E-state index is 10.7. The minimum absolute atomic E-state index is 0.480. The molecule has 20 heavy (non-hydrogen) atoms. The second-order valence-electron chi connectivity index (χ2n) is 4.09. The third-order valence-corrected chi connectivity index (χ3v) is 2.59. The third kappa shape index (κ3) is 3.88. The lowest BCUT2D eigenvalue weighted by Gasteiger charge is -2.07. The number of methoxy groups -OCH3 is 1. The zero-order valence-electron chi connectivity index (χ0n) is 11.1. The van der Waals surface area contributed by atoms with Crippen LogP contribution in [0, 0.1) is 0 Å². The number of hydrogen-bond acceptors (Lipinski definition) is 3. The summed E-state index contributed by atoms with van der Waals surface area (Å²) in [6.45, 7) is 0. The van der Waals surface area contributed by atoms with Gasteiger partial charge in [0.15, 0.2) is 0 Å². The van der Waals surface area contributed by atoms with Crippen LogP contribution in [0.15, 0.2) is 54.6 Å². The van der Waals surface area contributed by atoms with Gasteiger partial charge in [0, 0.05) is 6.08 Å². The van der Waals surface area contributed by atoms with Crippen LogP contribution < -0.4 is 15.2 Å². The summed E-state index contributed by atoms with van der Waals surface area (Å²) in [4.78, 5) is 10.7. The molecule has 4 nitrogen and oxygen atoms in total. The van der Waals surface area contributed by atoms with Crippen molar-refractivity contribution in [3.05, 3.63) is 60.2 Å². The fraction of sp³-hybridized carbons (Fsp3) is 0.0625. The van der Waals surface area contributed by atoms with Gasteiger partial charge >= 0.3 is 0 Å². The van der Waals surface area contributed by atoms with Gasteiger partial charge < -0.3 is 15.2 Å². The van der Waals surface area contributed by atoms with Crippen molar-refractivity contribution in [2.75, 3.05) is 7.11 Å². The molecule has 0 spiro atoms. The molecule has 0 aliphatic heterocycles. The molecule has 2 aromatic rings.